The number of carbonyl (C=O) groups excluding carboxylic acids is 1. The van der Waals surface area contributed by atoms with E-state index in [1.54, 1.807) is 23.5 Å². The van der Waals surface area contributed by atoms with Gasteiger partial charge in [0.25, 0.3) is 0 Å². The zero-order chi connectivity index (χ0) is 14.7. The molecule has 1 amide bonds. The summed E-state index contributed by atoms with van der Waals surface area (Å²) in [5.41, 5.74) is 0.963. The number of rotatable bonds is 4. The van der Waals surface area contributed by atoms with Crippen molar-refractivity contribution in [3.05, 3.63) is 47.6 Å². The van der Waals surface area contributed by atoms with Crippen molar-refractivity contribution in [3.63, 3.8) is 0 Å². The molecule has 0 bridgehead atoms. The monoisotopic (exact) mass is 335 g/mol. The summed E-state index contributed by atoms with van der Waals surface area (Å²) in [4.78, 5) is 20.4. The highest BCUT2D eigenvalue weighted by Gasteiger charge is 2.08. The van der Waals surface area contributed by atoms with Crippen LogP contribution in [0.1, 0.15) is 0 Å². The van der Waals surface area contributed by atoms with Crippen molar-refractivity contribution in [1.82, 2.24) is 9.97 Å². The molecule has 0 spiro atoms. The van der Waals surface area contributed by atoms with Gasteiger partial charge in [-0.1, -0.05) is 35.5 Å². The van der Waals surface area contributed by atoms with E-state index in [1.165, 1.54) is 18.0 Å². The van der Waals surface area contributed by atoms with Gasteiger partial charge < -0.3 is 5.32 Å². The fraction of sp³-hybridized carbons (Fsp3) is 0.0714. The summed E-state index contributed by atoms with van der Waals surface area (Å²) in [6.07, 6.45) is 1.50. The number of carbonyl (C=O) groups is 1. The summed E-state index contributed by atoms with van der Waals surface area (Å²) in [5.74, 6) is 0.674. The van der Waals surface area contributed by atoms with Crippen molar-refractivity contribution >= 4 is 56.6 Å². The van der Waals surface area contributed by atoms with E-state index in [9.17, 15) is 4.79 Å². The number of anilines is 1. The van der Waals surface area contributed by atoms with Gasteiger partial charge in [-0.15, -0.1) is 11.3 Å². The predicted molar refractivity (Wildman–Crippen MR) is 88.2 cm³/mol. The lowest BCUT2D eigenvalue weighted by Crippen LogP contribution is -2.14. The van der Waals surface area contributed by atoms with E-state index in [-0.39, 0.29) is 5.91 Å². The second kappa shape index (κ2) is 6.43. The Bertz CT molecular complexity index is 740. The van der Waals surface area contributed by atoms with Crippen LogP contribution in [0.25, 0.3) is 10.2 Å². The predicted octanol–water partition coefficient (Wildman–Crippen LogP) is 4.08. The molecule has 7 heteroatoms. The molecule has 2 aromatic heterocycles. The van der Waals surface area contributed by atoms with Gasteiger partial charge in [-0.2, -0.15) is 0 Å². The highest BCUT2D eigenvalue weighted by Crippen LogP contribution is 2.29. The van der Waals surface area contributed by atoms with Gasteiger partial charge in [0.05, 0.1) is 21.0 Å². The maximum absolute atomic E-state index is 11.9. The topological polar surface area (TPSA) is 54.9 Å². The minimum absolute atomic E-state index is 0.117. The summed E-state index contributed by atoms with van der Waals surface area (Å²) < 4.78 is 2.01. The van der Waals surface area contributed by atoms with E-state index in [2.05, 4.69) is 15.3 Å². The Hall–Kier alpha value is -1.63. The fourth-order valence-electron chi connectivity index (χ4n) is 1.67. The van der Waals surface area contributed by atoms with Gasteiger partial charge in [0.1, 0.15) is 5.82 Å². The van der Waals surface area contributed by atoms with Gasteiger partial charge in [-0.25, -0.2) is 9.97 Å². The van der Waals surface area contributed by atoms with Crippen LogP contribution in [-0.2, 0) is 4.79 Å². The molecule has 1 aromatic carbocycles. The number of thioether (sulfide) groups is 1. The number of pyridine rings is 1. The van der Waals surface area contributed by atoms with Crippen LogP contribution in [0.4, 0.5) is 5.82 Å². The standard InChI is InChI=1S/C14H10ClN3OS2/c15-9-5-6-12(16-7-9)18-13(19)8-20-14-17-10-3-1-2-4-11(10)21-14/h1-7H,8H2,(H,16,18,19). The van der Waals surface area contributed by atoms with Crippen molar-refractivity contribution in [1.29, 1.82) is 0 Å². The van der Waals surface area contributed by atoms with Crippen molar-refractivity contribution in [2.45, 2.75) is 4.34 Å². The second-order valence-electron chi connectivity index (χ2n) is 4.15. The van der Waals surface area contributed by atoms with Gasteiger partial charge in [0.15, 0.2) is 4.34 Å². The third kappa shape index (κ3) is 3.72. The van der Waals surface area contributed by atoms with Crippen LogP contribution < -0.4 is 5.32 Å². The number of halogens is 1. The Morgan fingerprint density at radius 3 is 2.90 bits per heavy atom. The molecule has 0 aliphatic heterocycles. The first-order valence-electron chi connectivity index (χ1n) is 6.10. The van der Waals surface area contributed by atoms with E-state index in [1.807, 2.05) is 24.3 Å². The van der Waals surface area contributed by atoms with E-state index in [0.29, 0.717) is 16.6 Å². The first kappa shape index (κ1) is 14.3. The van der Waals surface area contributed by atoms with Crippen LogP contribution in [0.5, 0.6) is 0 Å². The maximum atomic E-state index is 11.9. The van der Waals surface area contributed by atoms with Gasteiger partial charge in [0.2, 0.25) is 5.91 Å². The Morgan fingerprint density at radius 2 is 2.14 bits per heavy atom. The number of benzene rings is 1. The zero-order valence-corrected chi connectivity index (χ0v) is 13.1. The molecule has 0 atom stereocenters. The van der Waals surface area contributed by atoms with Crippen molar-refractivity contribution < 1.29 is 4.79 Å². The average Bonchev–Trinajstić information content (AvgIpc) is 2.90. The highest BCUT2D eigenvalue weighted by atomic mass is 35.5. The van der Waals surface area contributed by atoms with Crippen molar-refractivity contribution in [2.24, 2.45) is 0 Å². The summed E-state index contributed by atoms with van der Waals surface area (Å²) in [7, 11) is 0. The number of nitrogens with zero attached hydrogens (tertiary/aromatic N) is 2. The summed E-state index contributed by atoms with van der Waals surface area (Å²) in [6.45, 7) is 0. The SMILES string of the molecule is O=C(CSc1nc2ccccc2s1)Nc1ccc(Cl)cn1. The maximum Gasteiger partial charge on any atom is 0.235 e. The number of hydrogen-bond acceptors (Lipinski definition) is 5. The van der Waals surface area contributed by atoms with Crippen LogP contribution in [0.2, 0.25) is 5.02 Å². The lowest BCUT2D eigenvalue weighted by Gasteiger charge is -2.02. The Balaban J connectivity index is 1.59. The molecule has 1 N–H and O–H groups in total. The van der Waals surface area contributed by atoms with E-state index in [0.717, 1.165) is 14.6 Å². The smallest absolute Gasteiger partial charge is 0.235 e. The summed E-state index contributed by atoms with van der Waals surface area (Å²) in [5, 5.41) is 3.26. The number of aromatic nitrogens is 2. The first-order valence-corrected chi connectivity index (χ1v) is 8.28. The molecule has 3 rings (SSSR count). The Kier molecular flexibility index (Phi) is 4.38. The average molecular weight is 336 g/mol. The number of fused-ring (bicyclic) bond motifs is 1. The molecule has 21 heavy (non-hydrogen) atoms. The Morgan fingerprint density at radius 1 is 1.29 bits per heavy atom. The molecule has 0 aliphatic carbocycles. The van der Waals surface area contributed by atoms with Crippen molar-refractivity contribution in [3.8, 4) is 0 Å². The molecule has 0 aliphatic rings. The third-order valence-electron chi connectivity index (χ3n) is 2.60. The molecule has 0 fully saturated rings. The van der Waals surface area contributed by atoms with Gasteiger partial charge in [-0.05, 0) is 24.3 Å². The Labute approximate surface area is 134 Å². The lowest BCUT2D eigenvalue weighted by molar-refractivity contribution is -0.113. The third-order valence-corrected chi connectivity index (χ3v) is 5.00. The molecule has 0 saturated carbocycles. The largest absolute Gasteiger partial charge is 0.310 e. The zero-order valence-electron chi connectivity index (χ0n) is 10.7. The van der Waals surface area contributed by atoms with Gasteiger partial charge in [0, 0.05) is 6.20 Å². The molecule has 4 nitrogen and oxygen atoms in total. The minimum Gasteiger partial charge on any atom is -0.310 e. The molecule has 0 unspecified atom stereocenters. The number of hydrogen-bond donors (Lipinski definition) is 1. The van der Waals surface area contributed by atoms with E-state index >= 15 is 0 Å². The second-order valence-corrected chi connectivity index (χ2v) is 6.84. The molecule has 106 valence electrons. The van der Waals surface area contributed by atoms with Crippen LogP contribution in [0.15, 0.2) is 46.9 Å². The molecule has 3 aromatic rings. The normalized spacial score (nSPS) is 10.7. The van der Waals surface area contributed by atoms with Gasteiger partial charge in [-0.3, -0.25) is 4.79 Å². The van der Waals surface area contributed by atoms with E-state index < -0.39 is 0 Å². The van der Waals surface area contributed by atoms with E-state index in [4.69, 9.17) is 11.6 Å². The van der Waals surface area contributed by atoms with Crippen LogP contribution in [-0.4, -0.2) is 21.6 Å². The number of amides is 1. The molecule has 0 radical (unpaired) electrons. The lowest BCUT2D eigenvalue weighted by atomic mass is 10.3. The van der Waals surface area contributed by atoms with Crippen LogP contribution >= 0.6 is 34.7 Å². The fourth-order valence-corrected chi connectivity index (χ4v) is 3.65. The summed E-state index contributed by atoms with van der Waals surface area (Å²) >= 11 is 8.75. The minimum atomic E-state index is -0.117. The quantitative estimate of drug-likeness (QED) is 0.730. The molecular weight excluding hydrogens is 326 g/mol. The van der Waals surface area contributed by atoms with Crippen LogP contribution in [0.3, 0.4) is 0 Å². The highest BCUT2D eigenvalue weighted by molar-refractivity contribution is 8.01. The molecule has 2 heterocycles. The van der Waals surface area contributed by atoms with Crippen LogP contribution in [0, 0.1) is 0 Å². The molecular formula is C14H10ClN3OS2. The summed E-state index contributed by atoms with van der Waals surface area (Å²) in [6, 6.07) is 11.3. The van der Waals surface area contributed by atoms with Crippen molar-refractivity contribution in [2.75, 3.05) is 11.1 Å². The van der Waals surface area contributed by atoms with Gasteiger partial charge >= 0.3 is 0 Å². The number of nitrogens with one attached hydrogen (secondary N) is 1. The number of para-hydroxylation sites is 1. The first-order chi connectivity index (χ1) is 10.2. The number of thiazole rings is 1. The molecule has 0 saturated heterocycles.